The molecular formula is C11H14N2O5S. The number of benzene rings is 1. The predicted octanol–water partition coefficient (Wildman–Crippen LogP) is 1.47. The highest BCUT2D eigenvalue weighted by Gasteiger charge is 2.20. The zero-order valence-electron chi connectivity index (χ0n) is 10.3. The third kappa shape index (κ3) is 4.02. The number of carboxylic acid groups (broad SMARTS) is 1. The third-order valence-electron chi connectivity index (χ3n) is 2.42. The molecule has 1 atom stereocenters. The number of nitrogens with zero attached hydrogens (tertiary/aromatic N) is 1. The summed E-state index contributed by atoms with van der Waals surface area (Å²) >= 11 is 0. The number of anilines is 1. The molecule has 0 aliphatic heterocycles. The van der Waals surface area contributed by atoms with Crippen LogP contribution in [0.1, 0.15) is 17.3 Å². The van der Waals surface area contributed by atoms with Crippen molar-refractivity contribution in [1.29, 1.82) is 0 Å². The summed E-state index contributed by atoms with van der Waals surface area (Å²) in [5.74, 6) is -0.450. The number of aromatic carboxylic acids is 1. The Balaban J connectivity index is 2.98. The van der Waals surface area contributed by atoms with Crippen molar-refractivity contribution in [3.05, 3.63) is 33.9 Å². The van der Waals surface area contributed by atoms with E-state index >= 15 is 0 Å². The van der Waals surface area contributed by atoms with Gasteiger partial charge >= 0.3 is 5.97 Å². The minimum atomic E-state index is -1.25. The molecule has 2 N–H and O–H groups in total. The quantitative estimate of drug-likeness (QED) is 0.580. The maximum Gasteiger partial charge on any atom is 0.338 e. The van der Waals surface area contributed by atoms with Crippen molar-refractivity contribution in [2.75, 3.05) is 23.4 Å². The summed E-state index contributed by atoms with van der Waals surface area (Å²) in [6.07, 6.45) is 0. The van der Waals surface area contributed by atoms with Gasteiger partial charge in [0.1, 0.15) is 5.69 Å². The largest absolute Gasteiger partial charge is 0.478 e. The first-order valence-corrected chi connectivity index (χ1v) is 7.05. The van der Waals surface area contributed by atoms with E-state index in [4.69, 9.17) is 5.11 Å². The van der Waals surface area contributed by atoms with Crippen molar-refractivity contribution in [2.45, 2.75) is 6.92 Å². The van der Waals surface area contributed by atoms with Crippen LogP contribution >= 0.6 is 0 Å². The lowest BCUT2D eigenvalue weighted by atomic mass is 10.1. The minimum Gasteiger partial charge on any atom is -0.478 e. The Bertz CT molecular complexity index is 486. The molecule has 0 saturated carbocycles. The molecule has 1 aromatic carbocycles. The Hall–Kier alpha value is -1.96. The van der Waals surface area contributed by atoms with Crippen molar-refractivity contribution in [2.24, 2.45) is 0 Å². The molecule has 0 amide bonds. The number of hydrogen-bond acceptors (Lipinski definition) is 5. The molecular weight excluding hydrogens is 272 g/mol. The highest BCUT2D eigenvalue weighted by atomic mass is 32.2. The van der Waals surface area contributed by atoms with Crippen molar-refractivity contribution in [1.82, 2.24) is 0 Å². The van der Waals surface area contributed by atoms with Gasteiger partial charge < -0.3 is 10.4 Å². The molecule has 8 heteroatoms. The first-order chi connectivity index (χ1) is 8.97. The SMILES string of the molecule is CCS(=O)CCNc1c(C(=O)O)cccc1[N+](=O)[O-]. The van der Waals surface area contributed by atoms with Gasteiger partial charge in [-0.15, -0.1) is 0 Å². The average molecular weight is 286 g/mol. The van der Waals surface area contributed by atoms with E-state index in [0.717, 1.165) is 0 Å². The van der Waals surface area contributed by atoms with Crippen LogP contribution in [-0.4, -0.2) is 38.3 Å². The molecule has 1 aromatic rings. The van der Waals surface area contributed by atoms with Crippen LogP contribution in [0, 0.1) is 10.1 Å². The molecule has 0 fully saturated rings. The summed E-state index contributed by atoms with van der Waals surface area (Å²) in [6.45, 7) is 1.98. The maximum atomic E-state index is 11.3. The number of nitrogens with one attached hydrogen (secondary N) is 1. The van der Waals surface area contributed by atoms with Gasteiger partial charge in [-0.2, -0.15) is 0 Å². The number of hydrogen-bond donors (Lipinski definition) is 2. The van der Waals surface area contributed by atoms with E-state index in [0.29, 0.717) is 11.5 Å². The lowest BCUT2D eigenvalue weighted by molar-refractivity contribution is -0.384. The topological polar surface area (TPSA) is 110 Å². The molecule has 0 aromatic heterocycles. The molecule has 0 radical (unpaired) electrons. The van der Waals surface area contributed by atoms with E-state index < -0.39 is 21.7 Å². The second-order valence-corrected chi connectivity index (χ2v) is 5.49. The summed E-state index contributed by atoms with van der Waals surface area (Å²) in [6, 6.07) is 3.83. The van der Waals surface area contributed by atoms with Crippen LogP contribution in [0.5, 0.6) is 0 Å². The second kappa shape index (κ2) is 6.83. The zero-order valence-corrected chi connectivity index (χ0v) is 11.1. The van der Waals surface area contributed by atoms with Crippen molar-refractivity contribution >= 4 is 28.1 Å². The van der Waals surface area contributed by atoms with E-state index in [1.165, 1.54) is 18.2 Å². The van der Waals surface area contributed by atoms with Gasteiger partial charge in [0.2, 0.25) is 0 Å². The van der Waals surface area contributed by atoms with Crippen molar-refractivity contribution in [3.8, 4) is 0 Å². The van der Waals surface area contributed by atoms with Crippen LogP contribution < -0.4 is 5.32 Å². The zero-order chi connectivity index (χ0) is 14.4. The fourth-order valence-corrected chi connectivity index (χ4v) is 2.11. The van der Waals surface area contributed by atoms with Crippen LogP contribution in [-0.2, 0) is 10.8 Å². The highest BCUT2D eigenvalue weighted by molar-refractivity contribution is 7.84. The predicted molar refractivity (Wildman–Crippen MR) is 72.1 cm³/mol. The smallest absolute Gasteiger partial charge is 0.338 e. The number of carbonyl (C=O) groups is 1. The molecule has 104 valence electrons. The Morgan fingerprint density at radius 2 is 2.21 bits per heavy atom. The molecule has 0 heterocycles. The summed E-state index contributed by atoms with van der Waals surface area (Å²) < 4.78 is 11.3. The first-order valence-electron chi connectivity index (χ1n) is 5.57. The number of carboxylic acids is 1. The summed E-state index contributed by atoms with van der Waals surface area (Å²) in [5.41, 5.74) is -0.522. The molecule has 0 aliphatic carbocycles. The number of rotatable bonds is 7. The lowest BCUT2D eigenvalue weighted by Crippen LogP contribution is -2.15. The summed E-state index contributed by atoms with van der Waals surface area (Å²) in [7, 11) is -1.02. The van der Waals surface area contributed by atoms with Crippen LogP contribution in [0.15, 0.2) is 18.2 Å². The van der Waals surface area contributed by atoms with Crippen LogP contribution in [0.2, 0.25) is 0 Å². The second-order valence-electron chi connectivity index (χ2n) is 3.62. The van der Waals surface area contributed by atoms with E-state index in [9.17, 15) is 19.1 Å². The Morgan fingerprint density at radius 3 is 2.74 bits per heavy atom. The molecule has 0 saturated heterocycles. The molecule has 1 rings (SSSR count). The van der Waals surface area contributed by atoms with E-state index in [1.54, 1.807) is 6.92 Å². The van der Waals surface area contributed by atoms with Crippen LogP contribution in [0.4, 0.5) is 11.4 Å². The van der Waals surface area contributed by atoms with Gasteiger partial charge in [-0.25, -0.2) is 4.79 Å². The van der Waals surface area contributed by atoms with Gasteiger partial charge in [0.25, 0.3) is 5.69 Å². The maximum absolute atomic E-state index is 11.3. The molecule has 7 nitrogen and oxygen atoms in total. The Kier molecular flexibility index (Phi) is 5.43. The normalized spacial score (nSPS) is 11.8. The summed E-state index contributed by atoms with van der Waals surface area (Å²) in [5, 5.41) is 22.6. The van der Waals surface area contributed by atoms with Gasteiger partial charge in [0.15, 0.2) is 0 Å². The Labute approximate surface area is 112 Å². The monoisotopic (exact) mass is 286 g/mol. The van der Waals surface area contributed by atoms with Crippen LogP contribution in [0.3, 0.4) is 0 Å². The van der Waals surface area contributed by atoms with E-state index in [2.05, 4.69) is 5.32 Å². The first kappa shape index (κ1) is 15.1. The third-order valence-corrected chi connectivity index (χ3v) is 3.73. The fraction of sp³-hybridized carbons (Fsp3) is 0.364. The van der Waals surface area contributed by atoms with Gasteiger partial charge in [0, 0.05) is 34.9 Å². The molecule has 19 heavy (non-hydrogen) atoms. The lowest BCUT2D eigenvalue weighted by Gasteiger charge is -2.09. The standard InChI is InChI=1S/C11H14N2O5S/c1-2-19(18)7-6-12-10-8(11(14)15)4-3-5-9(10)13(16)17/h3-5,12H,2,6-7H2,1H3,(H,14,15). The molecule has 0 bridgehead atoms. The number of para-hydroxylation sites is 1. The van der Waals surface area contributed by atoms with E-state index in [1.807, 2.05) is 0 Å². The molecule has 0 spiro atoms. The fourth-order valence-electron chi connectivity index (χ4n) is 1.49. The molecule has 0 aliphatic rings. The van der Waals surface area contributed by atoms with Gasteiger partial charge in [-0.05, 0) is 6.07 Å². The van der Waals surface area contributed by atoms with Gasteiger partial charge in [0.05, 0.1) is 10.5 Å². The highest BCUT2D eigenvalue weighted by Crippen LogP contribution is 2.28. The average Bonchev–Trinajstić information content (AvgIpc) is 2.37. The van der Waals surface area contributed by atoms with E-state index in [-0.39, 0.29) is 23.5 Å². The summed E-state index contributed by atoms with van der Waals surface area (Å²) in [4.78, 5) is 21.2. The van der Waals surface area contributed by atoms with Gasteiger partial charge in [-0.1, -0.05) is 13.0 Å². The molecule has 1 unspecified atom stereocenters. The van der Waals surface area contributed by atoms with Crippen molar-refractivity contribution in [3.63, 3.8) is 0 Å². The van der Waals surface area contributed by atoms with Gasteiger partial charge in [-0.3, -0.25) is 14.3 Å². The number of nitro benzene ring substituents is 1. The Morgan fingerprint density at radius 1 is 1.53 bits per heavy atom. The number of nitro groups is 1. The van der Waals surface area contributed by atoms with Crippen LogP contribution in [0.25, 0.3) is 0 Å². The van der Waals surface area contributed by atoms with Crippen molar-refractivity contribution < 1.29 is 19.0 Å². The minimum absolute atomic E-state index is 0.0481.